The Bertz CT molecular complexity index is 2710. The van der Waals surface area contributed by atoms with E-state index in [1.165, 1.54) is 36.4 Å². The number of benzene rings is 4. The van der Waals surface area contributed by atoms with Gasteiger partial charge in [0.2, 0.25) is 12.4 Å². The molecule has 1 aliphatic carbocycles. The van der Waals surface area contributed by atoms with Crippen molar-refractivity contribution in [1.82, 2.24) is 0 Å². The molecule has 6 aromatic rings. The third-order valence-electron chi connectivity index (χ3n) is 8.73. The predicted molar refractivity (Wildman–Crippen MR) is 163 cm³/mol. The van der Waals surface area contributed by atoms with Crippen molar-refractivity contribution in [2.75, 3.05) is 0 Å². The Balaban J connectivity index is 1.47. The summed E-state index contributed by atoms with van der Waals surface area (Å²) < 4.78 is 137. The zero-order chi connectivity index (χ0) is 35.9. The second-order valence-electron chi connectivity index (χ2n) is 11.5. The molecule has 0 radical (unpaired) electrons. The van der Waals surface area contributed by atoms with Crippen LogP contribution in [-0.4, -0.2) is 12.3 Å². The largest absolute Gasteiger partial charge is 0.419 e. The average molecular weight is 693 g/mol. The zero-order valence-electron chi connectivity index (χ0n) is 24.7. The highest BCUT2D eigenvalue weighted by molar-refractivity contribution is 6.21. The molecule has 2 unspecified atom stereocenters. The monoisotopic (exact) mass is 692 g/mol. The van der Waals surface area contributed by atoms with Crippen molar-refractivity contribution in [1.29, 1.82) is 10.5 Å². The van der Waals surface area contributed by atoms with Gasteiger partial charge in [-0.25, -0.2) is 17.6 Å². The van der Waals surface area contributed by atoms with E-state index in [1.807, 2.05) is 0 Å². The van der Waals surface area contributed by atoms with Crippen molar-refractivity contribution in [3.05, 3.63) is 112 Å². The van der Waals surface area contributed by atoms with E-state index >= 15 is 0 Å². The van der Waals surface area contributed by atoms with Gasteiger partial charge >= 0.3 is 12.4 Å². The average Bonchev–Trinajstić information content (AvgIpc) is 3.52. The zero-order valence-corrected chi connectivity index (χ0v) is 24.7. The molecule has 7 rings (SSSR count). The van der Waals surface area contributed by atoms with E-state index < -0.39 is 47.5 Å². The van der Waals surface area contributed by atoms with Crippen molar-refractivity contribution >= 4 is 48.7 Å². The fourth-order valence-electron chi connectivity index (χ4n) is 6.51. The smallest absolute Gasteiger partial charge is 0.239 e. The van der Waals surface area contributed by atoms with Gasteiger partial charge in [0.25, 0.3) is 0 Å². The topological polar surface area (TPSA) is 72.3 Å². The molecule has 0 aromatic heterocycles. The summed E-state index contributed by atoms with van der Waals surface area (Å²) in [5, 5.41) is 22.6. The summed E-state index contributed by atoms with van der Waals surface area (Å²) in [4.78, 5) is 7.85. The Morgan fingerprint density at radius 2 is 1.12 bits per heavy atom. The van der Waals surface area contributed by atoms with Gasteiger partial charge in [-0.1, -0.05) is 30.3 Å². The van der Waals surface area contributed by atoms with E-state index in [4.69, 9.17) is 0 Å². The van der Waals surface area contributed by atoms with Crippen molar-refractivity contribution in [2.24, 2.45) is 15.9 Å². The number of alkyl halides is 7. The third kappa shape index (κ3) is 5.06. The lowest BCUT2D eigenvalue weighted by Gasteiger charge is -2.24. The van der Waals surface area contributed by atoms with Crippen LogP contribution >= 0.6 is 0 Å². The van der Waals surface area contributed by atoms with Crippen LogP contribution in [0.2, 0.25) is 0 Å². The summed E-state index contributed by atoms with van der Waals surface area (Å²) in [6.45, 7) is 0. The molecule has 0 aliphatic heterocycles. The maximum absolute atomic E-state index is 14.3. The molecule has 0 saturated carbocycles. The summed E-state index contributed by atoms with van der Waals surface area (Å²) >= 11 is 0. The third-order valence-corrected chi connectivity index (χ3v) is 8.73. The van der Waals surface area contributed by atoms with E-state index in [1.54, 1.807) is 24.5 Å². The number of rotatable bonds is 2. The fraction of sp³-hybridized carbons (Fsp3) is 0.111. The minimum Gasteiger partial charge on any atom is -0.239 e. The lowest BCUT2D eigenvalue weighted by molar-refractivity contribution is -0.174. The van der Waals surface area contributed by atoms with Crippen LogP contribution in [0.1, 0.15) is 11.1 Å². The molecular formula is C36H14F10N4. The number of hydrogen-bond acceptors (Lipinski definition) is 4. The molecule has 4 nitrogen and oxygen atoms in total. The Labute approximate surface area is 273 Å². The summed E-state index contributed by atoms with van der Waals surface area (Å²) in [5.41, 5.74) is -2.14. The highest BCUT2D eigenvalue weighted by atomic mass is 19.4. The lowest BCUT2D eigenvalue weighted by Crippen LogP contribution is -2.32. The van der Waals surface area contributed by atoms with Crippen LogP contribution in [0.5, 0.6) is 0 Å². The predicted octanol–water partition coefficient (Wildman–Crippen LogP) is 9.67. The van der Waals surface area contributed by atoms with Gasteiger partial charge < -0.3 is 0 Å². The maximum atomic E-state index is 14.3. The van der Waals surface area contributed by atoms with Gasteiger partial charge in [0, 0.05) is 21.5 Å². The Morgan fingerprint density at radius 1 is 0.600 bits per heavy atom. The van der Waals surface area contributed by atoms with E-state index in [0.717, 1.165) is 0 Å². The fourth-order valence-corrected chi connectivity index (χ4v) is 6.51. The van der Waals surface area contributed by atoms with Gasteiger partial charge in [-0.05, 0) is 86.3 Å². The molecule has 1 aliphatic rings. The first-order chi connectivity index (χ1) is 23.6. The standard InChI is InChI=1S/C36H14F10N4/c37-29-9-17(7-27(31(29)39)35(41,42)43)15-1-3-19-21-11-22-20-4-2-16(18-8-28(36(44,45)46)32(40)30(38)10-18)6-24(20)34(50-14-48)26(22)12-25(21)33(49-13-47)23(19)5-15/h1-12,27,31H. The van der Waals surface area contributed by atoms with E-state index in [2.05, 4.69) is 9.98 Å². The number of allylic oxidation sites excluding steroid dienone is 4. The van der Waals surface area contributed by atoms with Gasteiger partial charge in [-0.15, -0.1) is 0 Å². The highest BCUT2D eigenvalue weighted by Gasteiger charge is 2.47. The summed E-state index contributed by atoms with van der Waals surface area (Å²) in [7, 11) is 0. The number of hydrogen-bond donors (Lipinski definition) is 0. The molecule has 0 N–H and O–H groups in total. The van der Waals surface area contributed by atoms with Gasteiger partial charge in [-0.3, -0.25) is 0 Å². The Hall–Kier alpha value is -6.02. The number of nitrogens with zero attached hydrogens (tertiary/aromatic N) is 4. The first kappa shape index (κ1) is 32.5. The minimum atomic E-state index is -5.18. The van der Waals surface area contributed by atoms with Crippen LogP contribution in [0, 0.1) is 40.5 Å². The SMILES string of the molecule is N#CN=c1c2cc(C3=CC(C(F)(F)F)C(F)C(F)=C3)ccc2c2cc3c(cc12)c(=NC#N)c1cc(-c2cc(F)c(F)c(C(F)(F)F)c2)ccc13. The van der Waals surface area contributed by atoms with Crippen LogP contribution in [0.15, 0.2) is 88.6 Å². The van der Waals surface area contributed by atoms with Crippen molar-refractivity contribution in [3.63, 3.8) is 0 Å². The van der Waals surface area contributed by atoms with Gasteiger partial charge in [0.15, 0.2) is 17.8 Å². The first-order valence-corrected chi connectivity index (χ1v) is 14.4. The molecule has 0 fully saturated rings. The second kappa shape index (κ2) is 11.3. The molecule has 6 aromatic carbocycles. The molecule has 50 heavy (non-hydrogen) atoms. The summed E-state index contributed by atoms with van der Waals surface area (Å²) in [5.74, 6) is -8.06. The van der Waals surface area contributed by atoms with E-state index in [0.29, 0.717) is 67.4 Å². The number of fused-ring (bicyclic) bond motifs is 6. The van der Waals surface area contributed by atoms with Gasteiger partial charge in [-0.2, -0.15) is 46.9 Å². The Morgan fingerprint density at radius 3 is 1.66 bits per heavy atom. The molecule has 14 heteroatoms. The first-order valence-electron chi connectivity index (χ1n) is 14.4. The van der Waals surface area contributed by atoms with Gasteiger partial charge in [0.1, 0.15) is 11.7 Å². The number of nitriles is 2. The Kier molecular flexibility index (Phi) is 7.33. The van der Waals surface area contributed by atoms with E-state index in [9.17, 15) is 54.4 Å². The second-order valence-corrected chi connectivity index (χ2v) is 11.5. The molecule has 0 bridgehead atoms. The van der Waals surface area contributed by atoms with Crippen LogP contribution in [0.4, 0.5) is 43.9 Å². The van der Waals surface area contributed by atoms with Crippen LogP contribution in [-0.2, 0) is 6.18 Å². The molecule has 248 valence electrons. The summed E-state index contributed by atoms with van der Waals surface area (Å²) in [6, 6.07) is 13.0. The lowest BCUT2D eigenvalue weighted by atomic mass is 9.89. The van der Waals surface area contributed by atoms with Crippen LogP contribution in [0.3, 0.4) is 0 Å². The van der Waals surface area contributed by atoms with Crippen molar-refractivity contribution in [2.45, 2.75) is 18.5 Å². The van der Waals surface area contributed by atoms with Gasteiger partial charge in [0.05, 0.1) is 16.3 Å². The van der Waals surface area contributed by atoms with Crippen LogP contribution in [0.25, 0.3) is 59.8 Å². The van der Waals surface area contributed by atoms with Crippen LogP contribution < -0.4 is 10.7 Å². The maximum Gasteiger partial charge on any atom is 0.419 e. The van der Waals surface area contributed by atoms with Crippen molar-refractivity contribution < 1.29 is 43.9 Å². The molecule has 0 heterocycles. The number of halogens is 10. The molecular weight excluding hydrogens is 678 g/mol. The quantitative estimate of drug-likeness (QED) is 0.134. The molecule has 2 atom stereocenters. The van der Waals surface area contributed by atoms with E-state index in [-0.39, 0.29) is 33.0 Å². The molecule has 0 saturated heterocycles. The normalized spacial score (nSPS) is 17.8. The van der Waals surface area contributed by atoms with Crippen molar-refractivity contribution in [3.8, 4) is 23.5 Å². The highest BCUT2D eigenvalue weighted by Crippen LogP contribution is 2.42. The summed E-state index contributed by atoms with van der Waals surface area (Å²) in [6.07, 6.45) is -8.50. The molecule has 0 amide bonds. The minimum absolute atomic E-state index is 0.0677. The molecule has 0 spiro atoms.